The standard InChI is InChI=1S/C10H11ClO/c1-8(7-12)6-9-4-2-3-5-10(9)11/h2-6,12H,7H2,1H3/b8-6-. The van der Waals surface area contributed by atoms with Gasteiger partial charge in [-0.2, -0.15) is 0 Å². The van der Waals surface area contributed by atoms with Crippen LogP contribution in [0.3, 0.4) is 0 Å². The van der Waals surface area contributed by atoms with E-state index in [1.807, 2.05) is 37.3 Å². The fourth-order valence-electron chi connectivity index (χ4n) is 0.903. The molecule has 1 N–H and O–H groups in total. The molecule has 0 saturated carbocycles. The molecule has 0 aliphatic rings. The largest absolute Gasteiger partial charge is 0.392 e. The molecule has 0 aromatic heterocycles. The summed E-state index contributed by atoms with van der Waals surface area (Å²) in [6, 6.07) is 7.55. The van der Waals surface area contributed by atoms with Crippen molar-refractivity contribution >= 4 is 17.7 Å². The second-order valence-electron chi connectivity index (χ2n) is 2.67. The van der Waals surface area contributed by atoms with E-state index in [0.29, 0.717) is 5.02 Å². The number of benzene rings is 1. The van der Waals surface area contributed by atoms with Gasteiger partial charge in [-0.1, -0.05) is 35.9 Å². The number of halogens is 1. The van der Waals surface area contributed by atoms with Gasteiger partial charge in [0.05, 0.1) is 6.61 Å². The number of hydrogen-bond donors (Lipinski definition) is 1. The van der Waals surface area contributed by atoms with Crippen molar-refractivity contribution in [2.75, 3.05) is 6.61 Å². The monoisotopic (exact) mass is 182 g/mol. The van der Waals surface area contributed by atoms with Crippen LogP contribution in [0, 0.1) is 0 Å². The van der Waals surface area contributed by atoms with Crippen LogP contribution in [0.25, 0.3) is 6.08 Å². The van der Waals surface area contributed by atoms with Crippen molar-refractivity contribution in [1.82, 2.24) is 0 Å². The van der Waals surface area contributed by atoms with E-state index in [0.717, 1.165) is 11.1 Å². The highest BCUT2D eigenvalue weighted by Gasteiger charge is 1.94. The van der Waals surface area contributed by atoms with Gasteiger partial charge in [0.15, 0.2) is 0 Å². The van der Waals surface area contributed by atoms with Crippen LogP contribution in [-0.4, -0.2) is 11.7 Å². The number of aliphatic hydroxyl groups is 1. The van der Waals surface area contributed by atoms with E-state index in [9.17, 15) is 0 Å². The topological polar surface area (TPSA) is 20.2 Å². The van der Waals surface area contributed by atoms with Crippen molar-refractivity contribution in [2.45, 2.75) is 6.92 Å². The summed E-state index contributed by atoms with van der Waals surface area (Å²) < 4.78 is 0. The highest BCUT2D eigenvalue weighted by atomic mass is 35.5. The maximum atomic E-state index is 8.78. The fourth-order valence-corrected chi connectivity index (χ4v) is 1.09. The molecule has 0 atom stereocenters. The lowest BCUT2D eigenvalue weighted by molar-refractivity contribution is 0.332. The van der Waals surface area contributed by atoms with Crippen LogP contribution < -0.4 is 0 Å². The third-order valence-corrected chi connectivity index (χ3v) is 1.90. The normalized spacial score (nSPS) is 11.8. The van der Waals surface area contributed by atoms with Crippen molar-refractivity contribution in [3.8, 4) is 0 Å². The maximum absolute atomic E-state index is 8.78. The Labute approximate surface area is 77.3 Å². The van der Waals surface area contributed by atoms with E-state index in [1.165, 1.54) is 0 Å². The van der Waals surface area contributed by atoms with Gasteiger partial charge < -0.3 is 5.11 Å². The molecule has 12 heavy (non-hydrogen) atoms. The van der Waals surface area contributed by atoms with Crippen molar-refractivity contribution in [3.05, 3.63) is 40.4 Å². The van der Waals surface area contributed by atoms with Gasteiger partial charge in [-0.3, -0.25) is 0 Å². The average molecular weight is 183 g/mol. The van der Waals surface area contributed by atoms with Gasteiger partial charge in [-0.15, -0.1) is 0 Å². The molecule has 0 radical (unpaired) electrons. The summed E-state index contributed by atoms with van der Waals surface area (Å²) >= 11 is 5.90. The predicted octanol–water partition coefficient (Wildman–Crippen LogP) is 2.74. The highest BCUT2D eigenvalue weighted by Crippen LogP contribution is 2.17. The first-order chi connectivity index (χ1) is 5.74. The molecule has 0 amide bonds. The highest BCUT2D eigenvalue weighted by molar-refractivity contribution is 6.32. The lowest BCUT2D eigenvalue weighted by atomic mass is 10.1. The minimum absolute atomic E-state index is 0.0746. The first-order valence-corrected chi connectivity index (χ1v) is 4.14. The molecular formula is C10H11ClO. The van der Waals surface area contributed by atoms with Crippen molar-refractivity contribution in [1.29, 1.82) is 0 Å². The molecule has 0 heterocycles. The number of aliphatic hydroxyl groups excluding tert-OH is 1. The molecule has 0 fully saturated rings. The molecular weight excluding hydrogens is 172 g/mol. The first-order valence-electron chi connectivity index (χ1n) is 3.76. The van der Waals surface area contributed by atoms with E-state index in [4.69, 9.17) is 16.7 Å². The van der Waals surface area contributed by atoms with E-state index in [2.05, 4.69) is 0 Å². The first kappa shape index (κ1) is 9.30. The molecule has 1 aromatic rings. The zero-order valence-corrected chi connectivity index (χ0v) is 7.67. The molecule has 0 saturated heterocycles. The average Bonchev–Trinajstić information content (AvgIpc) is 2.09. The number of hydrogen-bond acceptors (Lipinski definition) is 1. The van der Waals surface area contributed by atoms with Gasteiger partial charge in [0.2, 0.25) is 0 Å². The van der Waals surface area contributed by atoms with E-state index in [-0.39, 0.29) is 6.61 Å². The summed E-state index contributed by atoms with van der Waals surface area (Å²) in [5.74, 6) is 0. The minimum atomic E-state index is 0.0746. The van der Waals surface area contributed by atoms with Gasteiger partial charge in [-0.25, -0.2) is 0 Å². The summed E-state index contributed by atoms with van der Waals surface area (Å²) in [7, 11) is 0. The summed E-state index contributed by atoms with van der Waals surface area (Å²) in [6.07, 6.45) is 1.88. The molecule has 0 spiro atoms. The van der Waals surface area contributed by atoms with Crippen LogP contribution >= 0.6 is 11.6 Å². The Hall–Kier alpha value is -0.790. The third-order valence-electron chi connectivity index (χ3n) is 1.56. The Morgan fingerprint density at radius 2 is 2.17 bits per heavy atom. The van der Waals surface area contributed by atoms with Gasteiger partial charge in [0.25, 0.3) is 0 Å². The van der Waals surface area contributed by atoms with Gasteiger partial charge in [0, 0.05) is 5.02 Å². The zero-order chi connectivity index (χ0) is 8.97. The summed E-state index contributed by atoms with van der Waals surface area (Å²) in [5, 5.41) is 9.49. The Kier molecular flexibility index (Phi) is 3.32. The Morgan fingerprint density at radius 3 is 2.75 bits per heavy atom. The minimum Gasteiger partial charge on any atom is -0.392 e. The molecule has 64 valence electrons. The fraction of sp³-hybridized carbons (Fsp3) is 0.200. The molecule has 2 heteroatoms. The van der Waals surface area contributed by atoms with E-state index in [1.54, 1.807) is 0 Å². The van der Waals surface area contributed by atoms with E-state index < -0.39 is 0 Å². The SMILES string of the molecule is C/C(=C/c1ccccc1Cl)CO. The van der Waals surface area contributed by atoms with Crippen molar-refractivity contribution < 1.29 is 5.11 Å². The Bertz CT molecular complexity index is 292. The third kappa shape index (κ3) is 2.36. The smallest absolute Gasteiger partial charge is 0.0642 e. The molecule has 0 bridgehead atoms. The van der Waals surface area contributed by atoms with E-state index >= 15 is 0 Å². The van der Waals surface area contributed by atoms with Gasteiger partial charge in [-0.05, 0) is 24.1 Å². The molecule has 0 unspecified atom stereocenters. The quantitative estimate of drug-likeness (QED) is 0.746. The van der Waals surface area contributed by atoms with Gasteiger partial charge >= 0.3 is 0 Å². The molecule has 0 aliphatic heterocycles. The second kappa shape index (κ2) is 4.29. The van der Waals surface area contributed by atoms with Gasteiger partial charge in [0.1, 0.15) is 0 Å². The van der Waals surface area contributed by atoms with Crippen molar-refractivity contribution in [3.63, 3.8) is 0 Å². The van der Waals surface area contributed by atoms with Crippen LogP contribution in [0.5, 0.6) is 0 Å². The predicted molar refractivity (Wildman–Crippen MR) is 52.2 cm³/mol. The Balaban J connectivity index is 2.96. The molecule has 1 aromatic carbocycles. The lowest BCUT2D eigenvalue weighted by Gasteiger charge is -1.98. The molecule has 1 nitrogen and oxygen atoms in total. The van der Waals surface area contributed by atoms with Crippen LogP contribution in [-0.2, 0) is 0 Å². The molecule has 0 aliphatic carbocycles. The van der Waals surface area contributed by atoms with Crippen LogP contribution in [0.2, 0.25) is 5.02 Å². The second-order valence-corrected chi connectivity index (χ2v) is 3.08. The molecule has 1 rings (SSSR count). The zero-order valence-electron chi connectivity index (χ0n) is 6.92. The number of rotatable bonds is 2. The summed E-state index contributed by atoms with van der Waals surface area (Å²) in [6.45, 7) is 1.94. The van der Waals surface area contributed by atoms with Crippen LogP contribution in [0.15, 0.2) is 29.8 Å². The summed E-state index contributed by atoms with van der Waals surface area (Å²) in [4.78, 5) is 0. The van der Waals surface area contributed by atoms with Crippen molar-refractivity contribution in [2.24, 2.45) is 0 Å². The van der Waals surface area contributed by atoms with Crippen LogP contribution in [0.4, 0.5) is 0 Å². The Morgan fingerprint density at radius 1 is 1.50 bits per heavy atom. The van der Waals surface area contributed by atoms with Crippen LogP contribution in [0.1, 0.15) is 12.5 Å². The summed E-state index contributed by atoms with van der Waals surface area (Å²) in [5.41, 5.74) is 1.86. The maximum Gasteiger partial charge on any atom is 0.0642 e. The lowest BCUT2D eigenvalue weighted by Crippen LogP contribution is -1.83.